The second-order valence-electron chi connectivity index (χ2n) is 5.29. The zero-order chi connectivity index (χ0) is 20.5. The first kappa shape index (κ1) is 21.0. The molecule has 0 atom stereocenters. The molecule has 9 heteroatoms. The van der Waals surface area contributed by atoms with Gasteiger partial charge in [-0.2, -0.15) is 0 Å². The zero-order valence-electron chi connectivity index (χ0n) is 15.5. The van der Waals surface area contributed by atoms with Gasteiger partial charge in [-0.15, -0.1) is 0 Å². The van der Waals surface area contributed by atoms with E-state index in [1.807, 2.05) is 0 Å². The summed E-state index contributed by atoms with van der Waals surface area (Å²) in [6, 6.07) is 6.54. The van der Waals surface area contributed by atoms with Gasteiger partial charge in [0.25, 0.3) is 5.91 Å². The van der Waals surface area contributed by atoms with E-state index >= 15 is 0 Å². The maximum absolute atomic E-state index is 11.9. The van der Waals surface area contributed by atoms with Crippen molar-refractivity contribution in [3.05, 3.63) is 47.3 Å². The van der Waals surface area contributed by atoms with E-state index in [0.29, 0.717) is 28.5 Å². The van der Waals surface area contributed by atoms with Crippen LogP contribution in [-0.2, 0) is 14.3 Å². The fourth-order valence-electron chi connectivity index (χ4n) is 2.21. The van der Waals surface area contributed by atoms with Crippen LogP contribution in [0.25, 0.3) is 6.08 Å². The normalized spacial score (nSPS) is 10.4. The Kier molecular flexibility index (Phi) is 7.65. The van der Waals surface area contributed by atoms with E-state index in [0.717, 1.165) is 0 Å². The highest BCUT2D eigenvalue weighted by Gasteiger charge is 2.12. The fourth-order valence-corrected chi connectivity index (χ4v) is 2.38. The van der Waals surface area contributed by atoms with Gasteiger partial charge in [-0.05, 0) is 35.9 Å². The number of nitrogens with one attached hydrogen (secondary N) is 1. The number of aromatic nitrogens is 1. The highest BCUT2D eigenvalue weighted by molar-refractivity contribution is 6.32. The molecule has 1 heterocycles. The number of hydrogen-bond donors (Lipinski definition) is 1. The Hall–Kier alpha value is -3.26. The molecule has 0 saturated carbocycles. The van der Waals surface area contributed by atoms with Crippen molar-refractivity contribution in [1.82, 2.24) is 4.98 Å². The minimum Gasteiger partial charge on any atom is -0.493 e. The lowest BCUT2D eigenvalue weighted by Crippen LogP contribution is -2.20. The summed E-state index contributed by atoms with van der Waals surface area (Å²) in [6.07, 6.45) is 4.18. The molecule has 0 unspecified atom stereocenters. The summed E-state index contributed by atoms with van der Waals surface area (Å²) in [5, 5.41) is 2.64. The van der Waals surface area contributed by atoms with Gasteiger partial charge in [0.05, 0.1) is 27.0 Å². The van der Waals surface area contributed by atoms with Gasteiger partial charge < -0.3 is 24.3 Å². The summed E-state index contributed by atoms with van der Waals surface area (Å²) in [5.74, 6) is 0.103. The van der Waals surface area contributed by atoms with E-state index < -0.39 is 18.5 Å². The molecule has 0 aliphatic heterocycles. The number of nitrogens with zero attached hydrogens (tertiary/aromatic N) is 1. The summed E-state index contributed by atoms with van der Waals surface area (Å²) in [6.45, 7) is -0.469. The number of esters is 1. The highest BCUT2D eigenvalue weighted by atomic mass is 35.5. The maximum Gasteiger partial charge on any atom is 0.331 e. The van der Waals surface area contributed by atoms with Crippen molar-refractivity contribution >= 4 is 35.2 Å². The van der Waals surface area contributed by atoms with E-state index in [-0.39, 0.29) is 5.15 Å². The number of benzene rings is 1. The van der Waals surface area contributed by atoms with Crippen molar-refractivity contribution in [2.45, 2.75) is 0 Å². The summed E-state index contributed by atoms with van der Waals surface area (Å²) < 4.78 is 20.6. The molecule has 0 radical (unpaired) electrons. The third-order valence-corrected chi connectivity index (χ3v) is 3.78. The van der Waals surface area contributed by atoms with E-state index in [1.165, 1.54) is 39.7 Å². The van der Waals surface area contributed by atoms with Crippen LogP contribution in [0.5, 0.6) is 17.2 Å². The number of hydrogen-bond acceptors (Lipinski definition) is 7. The molecular formula is C19H19ClN2O6. The van der Waals surface area contributed by atoms with E-state index in [1.54, 1.807) is 24.3 Å². The van der Waals surface area contributed by atoms with Crippen molar-refractivity contribution in [3.63, 3.8) is 0 Å². The maximum atomic E-state index is 11.9. The molecule has 2 aromatic rings. The number of ether oxygens (including phenoxy) is 4. The molecule has 28 heavy (non-hydrogen) atoms. The Morgan fingerprint density at radius 3 is 2.39 bits per heavy atom. The SMILES string of the molecule is COc1cc(/C=C/C(=O)OCC(=O)Nc2cccnc2Cl)cc(OC)c1OC. The van der Waals surface area contributed by atoms with Crippen molar-refractivity contribution in [2.24, 2.45) is 0 Å². The lowest BCUT2D eigenvalue weighted by molar-refractivity contribution is -0.142. The van der Waals surface area contributed by atoms with Crippen molar-refractivity contribution in [1.29, 1.82) is 0 Å². The van der Waals surface area contributed by atoms with Crippen LogP contribution in [0.1, 0.15) is 5.56 Å². The Balaban J connectivity index is 1.96. The van der Waals surface area contributed by atoms with Gasteiger partial charge in [-0.25, -0.2) is 9.78 Å². The Morgan fingerprint density at radius 2 is 1.82 bits per heavy atom. The second-order valence-corrected chi connectivity index (χ2v) is 5.65. The van der Waals surface area contributed by atoms with E-state index in [2.05, 4.69) is 10.3 Å². The molecule has 1 N–H and O–H groups in total. The Morgan fingerprint density at radius 1 is 1.14 bits per heavy atom. The average molecular weight is 407 g/mol. The second kappa shape index (κ2) is 10.2. The van der Waals surface area contributed by atoms with Gasteiger partial charge in [-0.3, -0.25) is 4.79 Å². The average Bonchev–Trinajstić information content (AvgIpc) is 2.71. The van der Waals surface area contributed by atoms with Crippen LogP contribution in [0.3, 0.4) is 0 Å². The lowest BCUT2D eigenvalue weighted by Gasteiger charge is -2.12. The Labute approximate surface area is 167 Å². The molecule has 8 nitrogen and oxygen atoms in total. The van der Waals surface area contributed by atoms with Gasteiger partial charge in [-0.1, -0.05) is 11.6 Å². The number of pyridine rings is 1. The first-order valence-corrected chi connectivity index (χ1v) is 8.41. The Bertz CT molecular complexity index is 859. The third kappa shape index (κ3) is 5.62. The van der Waals surface area contributed by atoms with Crippen LogP contribution in [-0.4, -0.2) is 44.8 Å². The summed E-state index contributed by atoms with van der Waals surface area (Å²) in [4.78, 5) is 27.5. The molecular weight excluding hydrogens is 388 g/mol. The predicted octanol–water partition coefficient (Wildman–Crippen LogP) is 2.96. The largest absolute Gasteiger partial charge is 0.493 e. The number of anilines is 1. The molecule has 2 rings (SSSR count). The predicted molar refractivity (Wildman–Crippen MR) is 104 cm³/mol. The molecule has 0 aliphatic rings. The van der Waals surface area contributed by atoms with Crippen LogP contribution >= 0.6 is 11.6 Å². The van der Waals surface area contributed by atoms with Crippen LogP contribution in [0.4, 0.5) is 5.69 Å². The van der Waals surface area contributed by atoms with Crippen molar-refractivity contribution in [2.75, 3.05) is 33.3 Å². The van der Waals surface area contributed by atoms with Crippen LogP contribution in [0.15, 0.2) is 36.5 Å². The number of carbonyl (C=O) groups excluding carboxylic acids is 2. The van der Waals surface area contributed by atoms with Crippen LogP contribution in [0, 0.1) is 0 Å². The minimum absolute atomic E-state index is 0.143. The molecule has 0 fully saturated rings. The standard InChI is InChI=1S/C19H19ClN2O6/c1-25-14-9-12(10-15(26-2)18(14)27-3)6-7-17(24)28-11-16(23)22-13-5-4-8-21-19(13)20/h4-10H,11H2,1-3H3,(H,22,23)/b7-6+. The van der Waals surface area contributed by atoms with Gasteiger partial charge in [0.2, 0.25) is 5.75 Å². The summed E-state index contributed by atoms with van der Waals surface area (Å²) >= 11 is 5.85. The highest BCUT2D eigenvalue weighted by Crippen LogP contribution is 2.38. The molecule has 0 saturated heterocycles. The van der Waals surface area contributed by atoms with Gasteiger partial charge in [0.15, 0.2) is 23.3 Å². The van der Waals surface area contributed by atoms with Gasteiger partial charge >= 0.3 is 5.97 Å². The van der Waals surface area contributed by atoms with Gasteiger partial charge in [0.1, 0.15) is 0 Å². The molecule has 0 bridgehead atoms. The summed E-state index contributed by atoms with van der Waals surface area (Å²) in [7, 11) is 4.48. The lowest BCUT2D eigenvalue weighted by atomic mass is 10.1. The molecule has 1 aromatic carbocycles. The van der Waals surface area contributed by atoms with Gasteiger partial charge in [0, 0.05) is 12.3 Å². The molecule has 148 valence electrons. The van der Waals surface area contributed by atoms with E-state index in [4.69, 9.17) is 30.5 Å². The molecule has 0 aliphatic carbocycles. The van der Waals surface area contributed by atoms with Crippen LogP contribution in [0.2, 0.25) is 5.15 Å². The summed E-state index contributed by atoms with van der Waals surface area (Å²) in [5.41, 5.74) is 0.955. The zero-order valence-corrected chi connectivity index (χ0v) is 16.3. The number of halogens is 1. The molecule has 0 spiro atoms. The van der Waals surface area contributed by atoms with E-state index in [9.17, 15) is 9.59 Å². The number of rotatable bonds is 8. The van der Waals surface area contributed by atoms with Crippen molar-refractivity contribution in [3.8, 4) is 17.2 Å². The quantitative estimate of drug-likeness (QED) is 0.409. The van der Waals surface area contributed by atoms with Crippen LogP contribution < -0.4 is 19.5 Å². The minimum atomic E-state index is -0.693. The third-order valence-electron chi connectivity index (χ3n) is 3.48. The van der Waals surface area contributed by atoms with Crippen molar-refractivity contribution < 1.29 is 28.5 Å². The first-order chi connectivity index (χ1) is 13.5. The smallest absolute Gasteiger partial charge is 0.331 e. The molecule has 1 aromatic heterocycles. The monoisotopic (exact) mass is 406 g/mol. The topological polar surface area (TPSA) is 96.0 Å². The number of carbonyl (C=O) groups is 2. The fraction of sp³-hybridized carbons (Fsp3) is 0.211. The first-order valence-electron chi connectivity index (χ1n) is 8.03. The number of amides is 1. The molecule has 1 amide bonds. The number of methoxy groups -OCH3 is 3.